The predicted octanol–water partition coefficient (Wildman–Crippen LogP) is -3.98. The number of hydrogen-bond donors (Lipinski definition) is 11. The van der Waals surface area contributed by atoms with Crippen LogP contribution in [0.3, 0.4) is 0 Å². The number of aliphatic carboxylic acids is 1. The van der Waals surface area contributed by atoms with Gasteiger partial charge >= 0.3 is 5.97 Å². The average molecular weight is 562 g/mol. The summed E-state index contributed by atoms with van der Waals surface area (Å²) in [6.45, 7) is 0.886. The van der Waals surface area contributed by atoms with Gasteiger partial charge in [-0.2, -0.15) is 12.6 Å². The zero-order valence-electron chi connectivity index (χ0n) is 21.5. The molecule has 38 heavy (non-hydrogen) atoms. The summed E-state index contributed by atoms with van der Waals surface area (Å²) in [5.74, 6) is -3.51. The molecule has 0 aromatic heterocycles. The number of nitrogens with one attached hydrogen (secondary N) is 3. The van der Waals surface area contributed by atoms with Gasteiger partial charge < -0.3 is 55.5 Å². The summed E-state index contributed by atoms with van der Waals surface area (Å²) < 4.78 is 0. The molecule has 0 radical (unpaired) electrons. The molecule has 0 bridgehead atoms. The third-order valence-corrected chi connectivity index (χ3v) is 5.62. The topological polar surface area (TPSA) is 305 Å². The number of rotatable bonds is 20. The molecule has 0 aliphatic carbocycles. The van der Waals surface area contributed by atoms with Gasteiger partial charge in [0.2, 0.25) is 17.7 Å². The maximum absolute atomic E-state index is 13.0. The molecule has 0 spiro atoms. The third-order valence-electron chi connectivity index (χ3n) is 5.26. The first kappa shape index (κ1) is 34.7. The largest absolute Gasteiger partial charge is 0.480 e. The predicted molar refractivity (Wildman–Crippen MR) is 148 cm³/mol. The van der Waals surface area contributed by atoms with E-state index in [-0.39, 0.29) is 43.5 Å². The summed E-state index contributed by atoms with van der Waals surface area (Å²) in [5.41, 5.74) is 32.5. The fraction of sp³-hybridized carbons (Fsp3) is 0.714. The summed E-state index contributed by atoms with van der Waals surface area (Å²) in [5, 5.41) is 17.0. The Morgan fingerprint density at radius 1 is 0.711 bits per heavy atom. The Bertz CT molecular complexity index is 819. The molecule has 0 aliphatic rings. The normalized spacial score (nSPS) is 13.8. The molecule has 0 aromatic rings. The van der Waals surface area contributed by atoms with Crippen LogP contribution in [-0.4, -0.2) is 90.3 Å². The van der Waals surface area contributed by atoms with Crippen molar-refractivity contribution in [2.24, 2.45) is 44.4 Å². The van der Waals surface area contributed by atoms with E-state index in [1.807, 2.05) is 0 Å². The molecule has 0 heterocycles. The fourth-order valence-electron chi connectivity index (χ4n) is 3.19. The van der Waals surface area contributed by atoms with Gasteiger partial charge in [0.15, 0.2) is 11.9 Å². The van der Waals surface area contributed by atoms with Crippen LogP contribution in [0, 0.1) is 0 Å². The van der Waals surface area contributed by atoms with Crippen molar-refractivity contribution in [3.8, 4) is 0 Å². The summed E-state index contributed by atoms with van der Waals surface area (Å²) in [6.07, 6.45) is 2.48. The minimum absolute atomic E-state index is 0.0595. The molecule has 0 aliphatic heterocycles. The Kier molecular flexibility index (Phi) is 18.0. The van der Waals surface area contributed by atoms with Crippen molar-refractivity contribution in [1.29, 1.82) is 0 Å². The van der Waals surface area contributed by atoms with E-state index >= 15 is 0 Å². The van der Waals surface area contributed by atoms with Gasteiger partial charge in [0, 0.05) is 18.8 Å². The zero-order chi connectivity index (χ0) is 29.1. The third kappa shape index (κ3) is 15.7. The fourth-order valence-corrected chi connectivity index (χ4v) is 3.45. The lowest BCUT2D eigenvalue weighted by atomic mass is 10.1. The number of carbonyl (C=O) groups excluding carboxylic acids is 3. The highest BCUT2D eigenvalue weighted by Crippen LogP contribution is 2.05. The molecule has 0 aromatic carbocycles. The number of aliphatic imine (C=N–C) groups is 2. The molecule has 16 nitrogen and oxygen atoms in total. The van der Waals surface area contributed by atoms with Gasteiger partial charge in [-0.15, -0.1) is 0 Å². The van der Waals surface area contributed by atoms with Gasteiger partial charge in [-0.05, 0) is 51.5 Å². The number of carbonyl (C=O) groups is 4. The van der Waals surface area contributed by atoms with E-state index in [1.165, 1.54) is 0 Å². The van der Waals surface area contributed by atoms with Gasteiger partial charge in [0.1, 0.15) is 18.1 Å². The van der Waals surface area contributed by atoms with Crippen LogP contribution in [0.4, 0.5) is 0 Å². The van der Waals surface area contributed by atoms with Crippen LogP contribution in [0.15, 0.2) is 9.98 Å². The number of unbranched alkanes of at least 4 members (excludes halogenated alkanes) is 1. The molecule has 17 heteroatoms. The molecular formula is C21H43N11O5S. The second-order valence-electron chi connectivity index (χ2n) is 8.49. The van der Waals surface area contributed by atoms with E-state index < -0.39 is 47.9 Å². The SMILES string of the molecule is NCCCC[C@@H](NC(=O)[C@H](N)CCCN=C(N)N)C(=O)N[C@H](CS)C(=O)N[C@@H](CCCN=C(N)N)C(=O)O. The number of nitrogens with two attached hydrogens (primary N) is 6. The highest BCUT2D eigenvalue weighted by atomic mass is 32.1. The summed E-state index contributed by atoms with van der Waals surface area (Å²) >= 11 is 4.11. The van der Waals surface area contributed by atoms with Crippen molar-refractivity contribution in [2.45, 2.75) is 69.1 Å². The van der Waals surface area contributed by atoms with Crippen molar-refractivity contribution in [2.75, 3.05) is 25.4 Å². The van der Waals surface area contributed by atoms with Crippen LogP contribution in [-0.2, 0) is 19.2 Å². The van der Waals surface area contributed by atoms with Gasteiger partial charge in [-0.1, -0.05) is 0 Å². The first-order valence-corrected chi connectivity index (χ1v) is 12.9. The van der Waals surface area contributed by atoms with E-state index in [4.69, 9.17) is 34.4 Å². The maximum Gasteiger partial charge on any atom is 0.326 e. The van der Waals surface area contributed by atoms with Gasteiger partial charge in [0.25, 0.3) is 0 Å². The van der Waals surface area contributed by atoms with Crippen LogP contribution in [0.25, 0.3) is 0 Å². The molecule has 4 atom stereocenters. The standard InChI is InChI=1S/C21H43N11O5S/c22-8-2-1-6-13(30-16(33)12(23)5-3-9-28-20(24)25)17(34)32-15(11-38)18(35)31-14(19(36)37)7-4-10-29-21(26)27/h12-15,38H,1-11,22-23H2,(H,30,33)(H,31,35)(H,32,34)(H,36,37)(H4,24,25,28)(H4,26,27,29)/t12-,13-,14+,15-/m1/s1. The van der Waals surface area contributed by atoms with Crippen molar-refractivity contribution in [3.05, 3.63) is 0 Å². The number of nitrogens with zero attached hydrogens (tertiary/aromatic N) is 2. The van der Waals surface area contributed by atoms with Crippen LogP contribution < -0.4 is 50.4 Å². The quantitative estimate of drug-likeness (QED) is 0.0294. The molecule has 16 N–H and O–H groups in total. The van der Waals surface area contributed by atoms with E-state index in [0.717, 1.165) is 0 Å². The summed E-state index contributed by atoms with van der Waals surface area (Å²) in [4.78, 5) is 57.4. The molecule has 3 amide bonds. The molecule has 0 fully saturated rings. The lowest BCUT2D eigenvalue weighted by Crippen LogP contribution is -2.57. The van der Waals surface area contributed by atoms with Crippen LogP contribution in [0.1, 0.15) is 44.9 Å². The Morgan fingerprint density at radius 3 is 1.68 bits per heavy atom. The number of guanidine groups is 2. The second-order valence-corrected chi connectivity index (χ2v) is 8.86. The number of hydrogen-bond acceptors (Lipinski definition) is 9. The van der Waals surface area contributed by atoms with E-state index in [2.05, 4.69) is 38.6 Å². The van der Waals surface area contributed by atoms with E-state index in [1.54, 1.807) is 0 Å². The lowest BCUT2D eigenvalue weighted by molar-refractivity contribution is -0.142. The van der Waals surface area contributed by atoms with Crippen molar-refractivity contribution in [1.82, 2.24) is 16.0 Å². The molecule has 218 valence electrons. The number of carboxylic acid groups (broad SMARTS) is 1. The zero-order valence-corrected chi connectivity index (χ0v) is 22.4. The molecule has 0 rings (SSSR count). The Labute approximate surface area is 227 Å². The highest BCUT2D eigenvalue weighted by Gasteiger charge is 2.29. The minimum Gasteiger partial charge on any atom is -0.480 e. The van der Waals surface area contributed by atoms with Crippen molar-refractivity contribution >= 4 is 48.2 Å². The van der Waals surface area contributed by atoms with Crippen LogP contribution >= 0.6 is 12.6 Å². The minimum atomic E-state index is -1.26. The highest BCUT2D eigenvalue weighted by molar-refractivity contribution is 7.80. The first-order chi connectivity index (χ1) is 17.9. The summed E-state index contributed by atoms with van der Waals surface area (Å²) in [6, 6.07) is -4.29. The molecule has 0 saturated heterocycles. The monoisotopic (exact) mass is 561 g/mol. The van der Waals surface area contributed by atoms with Crippen molar-refractivity contribution in [3.63, 3.8) is 0 Å². The maximum atomic E-state index is 13.0. The number of thiol groups is 1. The summed E-state index contributed by atoms with van der Waals surface area (Å²) in [7, 11) is 0. The molecule has 0 unspecified atom stereocenters. The lowest BCUT2D eigenvalue weighted by Gasteiger charge is -2.24. The smallest absolute Gasteiger partial charge is 0.326 e. The van der Waals surface area contributed by atoms with Crippen LogP contribution in [0.5, 0.6) is 0 Å². The Balaban J connectivity index is 5.18. The van der Waals surface area contributed by atoms with E-state index in [9.17, 15) is 24.3 Å². The second kappa shape index (κ2) is 19.8. The van der Waals surface area contributed by atoms with E-state index in [0.29, 0.717) is 38.8 Å². The Hall–Kier alpha value is -3.31. The number of carboxylic acids is 1. The van der Waals surface area contributed by atoms with Crippen molar-refractivity contribution < 1.29 is 24.3 Å². The molecular weight excluding hydrogens is 518 g/mol. The van der Waals surface area contributed by atoms with Gasteiger partial charge in [-0.3, -0.25) is 24.4 Å². The first-order valence-electron chi connectivity index (χ1n) is 12.2. The molecule has 0 saturated carbocycles. The van der Waals surface area contributed by atoms with Gasteiger partial charge in [-0.25, -0.2) is 4.79 Å². The number of amides is 3. The Morgan fingerprint density at radius 2 is 1.18 bits per heavy atom. The average Bonchev–Trinajstić information content (AvgIpc) is 2.85. The van der Waals surface area contributed by atoms with Crippen LogP contribution in [0.2, 0.25) is 0 Å². The van der Waals surface area contributed by atoms with Gasteiger partial charge in [0.05, 0.1) is 6.04 Å².